The summed E-state index contributed by atoms with van der Waals surface area (Å²) >= 11 is 0. The first-order valence-corrected chi connectivity index (χ1v) is 8.76. The summed E-state index contributed by atoms with van der Waals surface area (Å²) in [6.45, 7) is 2.39. The third-order valence-electron chi connectivity index (χ3n) is 4.91. The second kappa shape index (κ2) is 7.37. The minimum Gasteiger partial charge on any atom is -0.481 e. The van der Waals surface area contributed by atoms with Crippen molar-refractivity contribution in [3.8, 4) is 11.8 Å². The summed E-state index contributed by atoms with van der Waals surface area (Å²) < 4.78 is 17.6. The number of hydrogen-bond acceptors (Lipinski definition) is 6. The standard InChI is InChI=1S/C19H23N3O3/c1-23-19-14(6-4-10-21-19)12-22-13-16(18-15(22)7-5-11-24-18)25-17-8-2-3-9-20-17/h2-4,6,8-10,15-16,18H,5,7,11-13H2,1H3/t15-,16+,18+/m0/s1. The van der Waals surface area contributed by atoms with Crippen molar-refractivity contribution in [2.75, 3.05) is 20.3 Å². The Balaban J connectivity index is 1.52. The predicted octanol–water partition coefficient (Wildman–Crippen LogP) is 2.30. The summed E-state index contributed by atoms with van der Waals surface area (Å²) in [6, 6.07) is 10.1. The van der Waals surface area contributed by atoms with Gasteiger partial charge < -0.3 is 14.2 Å². The molecule has 2 saturated heterocycles. The van der Waals surface area contributed by atoms with Crippen molar-refractivity contribution in [1.82, 2.24) is 14.9 Å². The molecule has 3 atom stereocenters. The topological polar surface area (TPSA) is 56.7 Å². The van der Waals surface area contributed by atoms with Crippen LogP contribution in [0.2, 0.25) is 0 Å². The van der Waals surface area contributed by atoms with Gasteiger partial charge in [-0.2, -0.15) is 0 Å². The minimum absolute atomic E-state index is 0.0112. The molecule has 2 aromatic rings. The number of aromatic nitrogens is 2. The molecule has 0 aromatic carbocycles. The van der Waals surface area contributed by atoms with Crippen LogP contribution in [0.5, 0.6) is 11.8 Å². The Labute approximate surface area is 147 Å². The quantitative estimate of drug-likeness (QED) is 0.832. The number of methoxy groups -OCH3 is 1. The van der Waals surface area contributed by atoms with Crippen molar-refractivity contribution in [3.63, 3.8) is 0 Å². The molecule has 0 saturated carbocycles. The molecule has 0 N–H and O–H groups in total. The van der Waals surface area contributed by atoms with E-state index in [0.29, 0.717) is 17.8 Å². The zero-order chi connectivity index (χ0) is 17.1. The summed E-state index contributed by atoms with van der Waals surface area (Å²) in [5.41, 5.74) is 1.09. The van der Waals surface area contributed by atoms with E-state index in [0.717, 1.165) is 38.1 Å². The van der Waals surface area contributed by atoms with Crippen LogP contribution in [0.4, 0.5) is 0 Å². The monoisotopic (exact) mass is 341 g/mol. The summed E-state index contributed by atoms with van der Waals surface area (Å²) in [7, 11) is 1.66. The van der Waals surface area contributed by atoms with Gasteiger partial charge in [-0.1, -0.05) is 12.1 Å². The van der Waals surface area contributed by atoms with E-state index in [2.05, 4.69) is 20.9 Å². The van der Waals surface area contributed by atoms with E-state index in [9.17, 15) is 0 Å². The Morgan fingerprint density at radius 2 is 2.12 bits per heavy atom. The molecule has 6 nitrogen and oxygen atoms in total. The van der Waals surface area contributed by atoms with Gasteiger partial charge in [0.05, 0.1) is 7.11 Å². The lowest BCUT2D eigenvalue weighted by atomic mass is 10.0. The molecule has 4 rings (SSSR count). The molecule has 0 spiro atoms. The lowest BCUT2D eigenvalue weighted by molar-refractivity contribution is -0.0480. The summed E-state index contributed by atoms with van der Waals surface area (Å²) in [5.74, 6) is 1.34. The van der Waals surface area contributed by atoms with Crippen LogP contribution in [0.25, 0.3) is 0 Å². The maximum atomic E-state index is 6.14. The Morgan fingerprint density at radius 1 is 1.20 bits per heavy atom. The molecule has 0 aliphatic carbocycles. The number of likely N-dealkylation sites (tertiary alicyclic amines) is 1. The minimum atomic E-state index is -0.0112. The van der Waals surface area contributed by atoms with Crippen LogP contribution in [0, 0.1) is 0 Å². The lowest BCUT2D eigenvalue weighted by Crippen LogP contribution is -2.42. The van der Waals surface area contributed by atoms with Crippen LogP contribution in [0.1, 0.15) is 18.4 Å². The first kappa shape index (κ1) is 16.3. The summed E-state index contributed by atoms with van der Waals surface area (Å²) in [4.78, 5) is 11.0. The molecule has 0 unspecified atom stereocenters. The molecule has 132 valence electrons. The Hall–Kier alpha value is -2.18. The van der Waals surface area contributed by atoms with E-state index in [1.54, 1.807) is 19.5 Å². The predicted molar refractivity (Wildman–Crippen MR) is 92.6 cm³/mol. The molecule has 25 heavy (non-hydrogen) atoms. The van der Waals surface area contributed by atoms with Gasteiger partial charge in [-0.25, -0.2) is 9.97 Å². The van der Waals surface area contributed by atoms with E-state index in [1.807, 2.05) is 24.3 Å². The van der Waals surface area contributed by atoms with Gasteiger partial charge in [0.1, 0.15) is 12.2 Å². The van der Waals surface area contributed by atoms with Crippen molar-refractivity contribution in [3.05, 3.63) is 48.3 Å². The zero-order valence-corrected chi connectivity index (χ0v) is 14.4. The number of nitrogens with zero attached hydrogens (tertiary/aromatic N) is 3. The van der Waals surface area contributed by atoms with E-state index in [1.165, 1.54) is 0 Å². The molecule has 0 radical (unpaired) electrons. The fraction of sp³-hybridized carbons (Fsp3) is 0.474. The maximum Gasteiger partial charge on any atom is 0.217 e. The fourth-order valence-electron chi connectivity index (χ4n) is 3.81. The van der Waals surface area contributed by atoms with Crippen molar-refractivity contribution in [1.29, 1.82) is 0 Å². The smallest absolute Gasteiger partial charge is 0.217 e. The van der Waals surface area contributed by atoms with Gasteiger partial charge in [0, 0.05) is 49.8 Å². The van der Waals surface area contributed by atoms with Crippen molar-refractivity contribution < 1.29 is 14.2 Å². The van der Waals surface area contributed by atoms with Crippen LogP contribution in [-0.4, -0.2) is 53.4 Å². The molecule has 4 heterocycles. The third-order valence-corrected chi connectivity index (χ3v) is 4.91. The molecule has 2 aromatic heterocycles. The molecular weight excluding hydrogens is 318 g/mol. The van der Waals surface area contributed by atoms with Crippen LogP contribution in [-0.2, 0) is 11.3 Å². The van der Waals surface area contributed by atoms with Gasteiger partial charge in [0.2, 0.25) is 11.8 Å². The Bertz CT molecular complexity index is 697. The van der Waals surface area contributed by atoms with Gasteiger partial charge in [-0.05, 0) is 25.0 Å². The van der Waals surface area contributed by atoms with Crippen molar-refractivity contribution in [2.24, 2.45) is 0 Å². The number of ether oxygens (including phenoxy) is 3. The van der Waals surface area contributed by atoms with E-state index in [-0.39, 0.29) is 12.2 Å². The SMILES string of the molecule is COc1ncccc1CN1C[C@@H](Oc2ccccn2)[C@@H]2OCCC[C@@H]21. The van der Waals surface area contributed by atoms with E-state index < -0.39 is 0 Å². The third kappa shape index (κ3) is 3.45. The van der Waals surface area contributed by atoms with Crippen LogP contribution in [0.3, 0.4) is 0 Å². The van der Waals surface area contributed by atoms with Gasteiger partial charge in [-0.3, -0.25) is 4.90 Å². The highest BCUT2D eigenvalue weighted by atomic mass is 16.5. The van der Waals surface area contributed by atoms with Crippen LogP contribution >= 0.6 is 0 Å². The van der Waals surface area contributed by atoms with Gasteiger partial charge in [0.25, 0.3) is 0 Å². The lowest BCUT2D eigenvalue weighted by Gasteiger charge is -2.32. The molecule has 6 heteroatoms. The molecule has 2 aliphatic rings. The van der Waals surface area contributed by atoms with Crippen molar-refractivity contribution >= 4 is 0 Å². The van der Waals surface area contributed by atoms with Gasteiger partial charge in [0.15, 0.2) is 0 Å². The zero-order valence-electron chi connectivity index (χ0n) is 14.4. The number of rotatable bonds is 5. The van der Waals surface area contributed by atoms with E-state index >= 15 is 0 Å². The highest BCUT2D eigenvalue weighted by molar-refractivity contribution is 5.25. The van der Waals surface area contributed by atoms with Crippen LogP contribution in [0.15, 0.2) is 42.7 Å². The van der Waals surface area contributed by atoms with E-state index in [4.69, 9.17) is 14.2 Å². The Kier molecular flexibility index (Phi) is 4.81. The normalized spacial score (nSPS) is 26.2. The number of pyridine rings is 2. The maximum absolute atomic E-state index is 6.14. The van der Waals surface area contributed by atoms with Gasteiger partial charge >= 0.3 is 0 Å². The fourth-order valence-corrected chi connectivity index (χ4v) is 3.81. The van der Waals surface area contributed by atoms with Crippen molar-refractivity contribution in [2.45, 2.75) is 37.6 Å². The largest absolute Gasteiger partial charge is 0.481 e. The molecule has 0 amide bonds. The summed E-state index contributed by atoms with van der Waals surface area (Å²) in [6.07, 6.45) is 5.78. The highest BCUT2D eigenvalue weighted by Gasteiger charge is 2.45. The number of hydrogen-bond donors (Lipinski definition) is 0. The molecule has 2 fully saturated rings. The first-order chi connectivity index (χ1) is 12.3. The Morgan fingerprint density at radius 3 is 2.96 bits per heavy atom. The average Bonchev–Trinajstić information content (AvgIpc) is 3.01. The molecule has 0 bridgehead atoms. The second-order valence-corrected chi connectivity index (χ2v) is 6.47. The molecule has 2 aliphatic heterocycles. The highest BCUT2D eigenvalue weighted by Crippen LogP contribution is 2.33. The van der Waals surface area contributed by atoms with Gasteiger partial charge in [-0.15, -0.1) is 0 Å². The molecular formula is C19H23N3O3. The first-order valence-electron chi connectivity index (χ1n) is 8.76. The second-order valence-electron chi connectivity index (χ2n) is 6.47. The summed E-state index contributed by atoms with van der Waals surface area (Å²) in [5, 5.41) is 0. The average molecular weight is 341 g/mol. The number of fused-ring (bicyclic) bond motifs is 1. The van der Waals surface area contributed by atoms with Crippen LogP contribution < -0.4 is 9.47 Å².